The molecule has 0 unspecified atom stereocenters. The van der Waals surface area contributed by atoms with Crippen LogP contribution in [0.2, 0.25) is 0 Å². The van der Waals surface area contributed by atoms with Gasteiger partial charge in [0.25, 0.3) is 0 Å². The van der Waals surface area contributed by atoms with E-state index in [1.807, 2.05) is 0 Å². The molecule has 2 aromatic rings. The molecule has 3 heteroatoms. The smallest absolute Gasteiger partial charge is 0.0665 e. The Labute approximate surface area is 447 Å². The molecule has 0 saturated heterocycles. The molecule has 0 aliphatic rings. The summed E-state index contributed by atoms with van der Waals surface area (Å²) in [6.07, 6.45) is 69.2. The molecule has 0 heterocycles. The standard InChI is InChI=1S/C67H114N2.Ni/c1-5-9-13-17-21-24-26-28-30-32-34-37-39-42-46-54-62-56-50-52-58-64(62)68-66(60-48-44-20-16-12-8-4)67(61-49-45-41-36-23-19-15-11-7-3)69-65-59-53-51-57-63(65)55-47-43-40-38-35-33-31-29-27-25-22-18-14-10-6-2;/h37-40,50-53,56-59H,5-36,41-49,54-55,60-61H2,1-4H3;. The number of rotatable bonds is 50. The molecule has 0 spiro atoms. The molecule has 0 radical (unpaired) electrons. The SMILES string of the molecule is CCCCCCCCCCCCC=CCCCc1ccccc1N=C(CCCCCCCC)C(CCCCCCCCCCC)=Nc1ccccc1CCCC=CCCCCCCCCCCCC.[Ni]. The number of allylic oxidation sites excluding steroid dienone is 4. The number of hydrogen-bond acceptors (Lipinski definition) is 2. The maximum atomic E-state index is 5.67. The average Bonchev–Trinajstić information content (AvgIpc) is 3.37. The Morgan fingerprint density at radius 2 is 0.543 bits per heavy atom. The van der Waals surface area contributed by atoms with Crippen molar-refractivity contribution in [1.29, 1.82) is 0 Å². The van der Waals surface area contributed by atoms with Gasteiger partial charge in [-0.3, -0.25) is 9.98 Å². The molecular formula is C67H114N2Ni. The summed E-state index contributed by atoms with van der Waals surface area (Å²) in [4.78, 5) is 11.3. The van der Waals surface area contributed by atoms with Crippen molar-refractivity contribution in [1.82, 2.24) is 0 Å². The van der Waals surface area contributed by atoms with Crippen LogP contribution >= 0.6 is 0 Å². The molecule has 70 heavy (non-hydrogen) atoms. The quantitative estimate of drug-likeness (QED) is 0.0273. The Balaban J connectivity index is 0.0000245. The fourth-order valence-corrected chi connectivity index (χ4v) is 9.95. The largest absolute Gasteiger partial charge is 0.251 e. The van der Waals surface area contributed by atoms with Gasteiger partial charge in [0.15, 0.2) is 0 Å². The van der Waals surface area contributed by atoms with Gasteiger partial charge < -0.3 is 0 Å². The van der Waals surface area contributed by atoms with Gasteiger partial charge in [0, 0.05) is 16.5 Å². The Morgan fingerprint density at radius 3 is 0.843 bits per heavy atom. The van der Waals surface area contributed by atoms with Gasteiger partial charge >= 0.3 is 0 Å². The molecule has 0 aliphatic carbocycles. The number of benzene rings is 2. The molecular weight excluding hydrogens is 891 g/mol. The van der Waals surface area contributed by atoms with Crippen molar-refractivity contribution in [2.24, 2.45) is 9.98 Å². The molecule has 0 aliphatic heterocycles. The number of para-hydroxylation sites is 2. The van der Waals surface area contributed by atoms with Crippen molar-refractivity contribution in [2.45, 2.75) is 317 Å². The van der Waals surface area contributed by atoms with Crippen molar-refractivity contribution < 1.29 is 16.5 Å². The number of aryl methyl sites for hydroxylation is 2. The Kier molecular flexibility index (Phi) is 48.5. The van der Waals surface area contributed by atoms with E-state index in [2.05, 4.69) is 101 Å². The van der Waals surface area contributed by atoms with E-state index in [4.69, 9.17) is 9.98 Å². The van der Waals surface area contributed by atoms with Crippen LogP contribution in [0, 0.1) is 0 Å². The van der Waals surface area contributed by atoms with E-state index in [1.54, 1.807) is 0 Å². The van der Waals surface area contributed by atoms with Gasteiger partial charge in [0.05, 0.1) is 22.8 Å². The number of aliphatic imine (C=N–C) groups is 2. The van der Waals surface area contributed by atoms with Gasteiger partial charge in [0.1, 0.15) is 0 Å². The van der Waals surface area contributed by atoms with Crippen molar-refractivity contribution in [3.05, 3.63) is 84.0 Å². The van der Waals surface area contributed by atoms with Crippen LogP contribution in [-0.2, 0) is 29.3 Å². The van der Waals surface area contributed by atoms with E-state index < -0.39 is 0 Å². The fraction of sp³-hybridized carbons (Fsp3) is 0.731. The molecule has 2 aromatic carbocycles. The third-order valence-electron chi connectivity index (χ3n) is 14.5. The van der Waals surface area contributed by atoms with E-state index in [0.717, 1.165) is 38.5 Å². The zero-order chi connectivity index (χ0) is 49.2. The van der Waals surface area contributed by atoms with Crippen LogP contribution in [0.1, 0.15) is 315 Å². The van der Waals surface area contributed by atoms with E-state index in [-0.39, 0.29) is 16.5 Å². The second-order valence-electron chi connectivity index (χ2n) is 21.1. The topological polar surface area (TPSA) is 24.7 Å². The average molecular weight is 1010 g/mol. The third kappa shape index (κ3) is 38.4. The van der Waals surface area contributed by atoms with E-state index in [1.165, 1.54) is 284 Å². The van der Waals surface area contributed by atoms with E-state index >= 15 is 0 Å². The van der Waals surface area contributed by atoms with Crippen LogP contribution in [0.3, 0.4) is 0 Å². The van der Waals surface area contributed by atoms with Crippen molar-refractivity contribution >= 4 is 22.8 Å². The zero-order valence-corrected chi connectivity index (χ0v) is 47.9. The minimum atomic E-state index is 0. The zero-order valence-electron chi connectivity index (χ0n) is 47.0. The van der Waals surface area contributed by atoms with Crippen LogP contribution in [0.25, 0.3) is 0 Å². The Hall–Kier alpha value is -2.25. The predicted octanol–water partition coefficient (Wildman–Crippen LogP) is 23.6. The van der Waals surface area contributed by atoms with Crippen LogP contribution in [0.15, 0.2) is 82.8 Å². The van der Waals surface area contributed by atoms with Gasteiger partial charge in [0.2, 0.25) is 0 Å². The summed E-state index contributed by atoms with van der Waals surface area (Å²) in [5.74, 6) is 0. The number of nitrogens with zero attached hydrogens (tertiary/aromatic N) is 2. The molecule has 0 aromatic heterocycles. The molecule has 0 bridgehead atoms. The van der Waals surface area contributed by atoms with Gasteiger partial charge in [-0.1, -0.05) is 287 Å². The maximum Gasteiger partial charge on any atom is 0.0665 e. The predicted molar refractivity (Wildman–Crippen MR) is 314 cm³/mol. The molecule has 0 saturated carbocycles. The summed E-state index contributed by atoms with van der Waals surface area (Å²) in [6, 6.07) is 18.1. The number of hydrogen-bond donors (Lipinski definition) is 0. The van der Waals surface area contributed by atoms with Crippen molar-refractivity contribution in [3.63, 3.8) is 0 Å². The molecule has 0 amide bonds. The second-order valence-corrected chi connectivity index (χ2v) is 21.1. The first-order chi connectivity index (χ1) is 34.2. The molecule has 0 N–H and O–H groups in total. The molecule has 0 atom stereocenters. The summed E-state index contributed by atoms with van der Waals surface area (Å²) >= 11 is 0. The molecule has 0 fully saturated rings. The monoisotopic (exact) mass is 1000 g/mol. The second kappa shape index (κ2) is 51.6. The number of unbranched alkanes of at least 4 members (excludes halogenated alkanes) is 35. The maximum absolute atomic E-state index is 5.67. The normalized spacial score (nSPS) is 12.2. The first-order valence-electron chi connectivity index (χ1n) is 30.8. The molecule has 2 rings (SSSR count). The van der Waals surface area contributed by atoms with Gasteiger partial charge in [-0.15, -0.1) is 0 Å². The first-order valence-corrected chi connectivity index (χ1v) is 30.8. The summed E-state index contributed by atoms with van der Waals surface area (Å²) < 4.78 is 0. The third-order valence-corrected chi connectivity index (χ3v) is 14.5. The minimum Gasteiger partial charge on any atom is -0.251 e. The van der Waals surface area contributed by atoms with Crippen LogP contribution in [-0.4, -0.2) is 11.4 Å². The van der Waals surface area contributed by atoms with Gasteiger partial charge in [-0.2, -0.15) is 0 Å². The van der Waals surface area contributed by atoms with Crippen molar-refractivity contribution in [3.8, 4) is 0 Å². The van der Waals surface area contributed by atoms with Crippen molar-refractivity contribution in [2.75, 3.05) is 0 Å². The van der Waals surface area contributed by atoms with E-state index in [9.17, 15) is 0 Å². The summed E-state index contributed by atoms with van der Waals surface area (Å²) in [5.41, 5.74) is 7.63. The van der Waals surface area contributed by atoms with Crippen LogP contribution in [0.5, 0.6) is 0 Å². The molecule has 402 valence electrons. The summed E-state index contributed by atoms with van der Waals surface area (Å²) in [5, 5.41) is 0. The minimum absolute atomic E-state index is 0. The van der Waals surface area contributed by atoms with Gasteiger partial charge in [-0.05, 0) is 113 Å². The van der Waals surface area contributed by atoms with Crippen LogP contribution in [0.4, 0.5) is 11.4 Å². The Morgan fingerprint density at radius 1 is 0.300 bits per heavy atom. The van der Waals surface area contributed by atoms with Gasteiger partial charge in [-0.25, -0.2) is 0 Å². The first kappa shape index (κ1) is 65.8. The summed E-state index contributed by atoms with van der Waals surface area (Å²) in [7, 11) is 0. The fourth-order valence-electron chi connectivity index (χ4n) is 9.95. The van der Waals surface area contributed by atoms with E-state index in [0.29, 0.717) is 0 Å². The summed E-state index contributed by atoms with van der Waals surface area (Å²) in [6.45, 7) is 9.25. The van der Waals surface area contributed by atoms with Crippen LogP contribution < -0.4 is 0 Å². The molecule has 2 nitrogen and oxygen atoms in total. The Bertz CT molecular complexity index is 1530.